The van der Waals surface area contributed by atoms with E-state index in [1.165, 1.54) is 0 Å². The maximum absolute atomic E-state index is 10.1. The number of anilines is 1. The topological polar surface area (TPSA) is 68.9 Å². The summed E-state index contributed by atoms with van der Waals surface area (Å²) in [4.78, 5) is 8.89. The molecule has 0 saturated carbocycles. The monoisotopic (exact) mass is 390 g/mol. The van der Waals surface area contributed by atoms with Crippen molar-refractivity contribution in [2.45, 2.75) is 6.54 Å². The number of guanidine groups is 1. The van der Waals surface area contributed by atoms with Gasteiger partial charge in [0.1, 0.15) is 5.75 Å². The first-order valence-corrected chi connectivity index (χ1v) is 9.83. The minimum atomic E-state index is 0.331. The van der Waals surface area contributed by atoms with E-state index in [1.807, 2.05) is 65.5 Å². The van der Waals surface area contributed by atoms with E-state index in [9.17, 15) is 5.11 Å². The first-order chi connectivity index (χ1) is 14.2. The van der Waals surface area contributed by atoms with E-state index in [1.54, 1.807) is 13.1 Å². The fraction of sp³-hybridized carbons (Fsp3) is 0.273. The van der Waals surface area contributed by atoms with Crippen molar-refractivity contribution in [1.29, 1.82) is 0 Å². The van der Waals surface area contributed by atoms with E-state index in [0.717, 1.165) is 49.2 Å². The Kier molecular flexibility index (Phi) is 5.65. The number of hydrogen-bond acceptors (Lipinski definition) is 4. The smallest absolute Gasteiger partial charge is 0.194 e. The number of benzene rings is 2. The third kappa shape index (κ3) is 4.34. The molecule has 7 nitrogen and oxygen atoms in total. The predicted octanol–water partition coefficient (Wildman–Crippen LogP) is 2.48. The summed E-state index contributed by atoms with van der Waals surface area (Å²) in [5.74, 6) is 1.20. The van der Waals surface area contributed by atoms with Crippen molar-refractivity contribution in [3.63, 3.8) is 0 Å². The van der Waals surface area contributed by atoms with E-state index < -0.39 is 0 Å². The van der Waals surface area contributed by atoms with E-state index >= 15 is 0 Å². The number of rotatable bonds is 4. The largest absolute Gasteiger partial charge is 0.506 e. The van der Waals surface area contributed by atoms with Crippen molar-refractivity contribution in [2.75, 3.05) is 38.1 Å². The predicted molar refractivity (Wildman–Crippen MR) is 116 cm³/mol. The summed E-state index contributed by atoms with van der Waals surface area (Å²) in [7, 11) is 1.81. The Morgan fingerprint density at radius 1 is 1.00 bits per heavy atom. The van der Waals surface area contributed by atoms with Gasteiger partial charge in [-0.3, -0.25) is 4.99 Å². The highest BCUT2D eigenvalue weighted by Gasteiger charge is 2.21. The summed E-state index contributed by atoms with van der Waals surface area (Å²) >= 11 is 0. The van der Waals surface area contributed by atoms with Crippen LogP contribution in [0.4, 0.5) is 5.69 Å². The van der Waals surface area contributed by atoms with Gasteiger partial charge in [-0.05, 0) is 30.3 Å². The molecule has 1 fully saturated rings. The van der Waals surface area contributed by atoms with Gasteiger partial charge in [0.2, 0.25) is 0 Å². The summed E-state index contributed by atoms with van der Waals surface area (Å²) in [6.07, 6.45) is 1.97. The van der Waals surface area contributed by atoms with Gasteiger partial charge >= 0.3 is 0 Å². The van der Waals surface area contributed by atoms with Gasteiger partial charge in [0.15, 0.2) is 5.96 Å². The maximum Gasteiger partial charge on any atom is 0.194 e. The lowest BCUT2D eigenvalue weighted by Gasteiger charge is -2.37. The minimum absolute atomic E-state index is 0.331. The van der Waals surface area contributed by atoms with Crippen LogP contribution in [0.5, 0.6) is 5.75 Å². The zero-order valence-electron chi connectivity index (χ0n) is 16.6. The number of aromatic hydroxyl groups is 1. The highest BCUT2D eigenvalue weighted by molar-refractivity contribution is 5.80. The average Bonchev–Trinajstić information content (AvgIpc) is 3.25. The number of para-hydroxylation sites is 3. The molecular weight excluding hydrogens is 364 g/mol. The lowest BCUT2D eigenvalue weighted by Crippen LogP contribution is -2.52. The van der Waals surface area contributed by atoms with Gasteiger partial charge in [-0.1, -0.05) is 30.3 Å². The molecule has 1 aliphatic heterocycles. The van der Waals surface area contributed by atoms with Gasteiger partial charge in [0.25, 0.3) is 0 Å². The SMILES string of the molecule is CN=C(NCc1ccn(-c2ccccc2)n1)N1CCN(c2ccccc2O)CC1. The van der Waals surface area contributed by atoms with Crippen LogP contribution < -0.4 is 10.2 Å². The number of piperazine rings is 1. The van der Waals surface area contributed by atoms with Crippen molar-refractivity contribution >= 4 is 11.6 Å². The molecule has 29 heavy (non-hydrogen) atoms. The molecule has 3 aromatic rings. The van der Waals surface area contributed by atoms with Crippen LogP contribution in [0, 0.1) is 0 Å². The first-order valence-electron chi connectivity index (χ1n) is 9.83. The zero-order chi connectivity index (χ0) is 20.1. The van der Waals surface area contributed by atoms with Gasteiger partial charge in [0, 0.05) is 39.4 Å². The standard InChI is InChI=1S/C22H26N6O/c1-23-22(24-17-18-11-12-28(25-18)19-7-3-2-4-8-19)27-15-13-26(14-16-27)20-9-5-6-10-21(20)29/h2-12,29H,13-17H2,1H3,(H,23,24). The Balaban J connectivity index is 1.33. The maximum atomic E-state index is 10.1. The second kappa shape index (κ2) is 8.68. The summed E-state index contributed by atoms with van der Waals surface area (Å²) in [5.41, 5.74) is 2.90. The van der Waals surface area contributed by atoms with Gasteiger partial charge in [-0.2, -0.15) is 5.10 Å². The molecule has 1 aliphatic rings. The molecule has 1 aromatic heterocycles. The van der Waals surface area contributed by atoms with E-state index in [0.29, 0.717) is 12.3 Å². The summed E-state index contributed by atoms with van der Waals surface area (Å²) in [6, 6.07) is 19.6. The van der Waals surface area contributed by atoms with Crippen LogP contribution in [0.3, 0.4) is 0 Å². The van der Waals surface area contributed by atoms with Crippen LogP contribution in [-0.2, 0) is 6.54 Å². The van der Waals surface area contributed by atoms with Gasteiger partial charge in [-0.15, -0.1) is 0 Å². The van der Waals surface area contributed by atoms with Crippen LogP contribution in [0.25, 0.3) is 5.69 Å². The molecule has 7 heteroatoms. The Morgan fingerprint density at radius 3 is 2.45 bits per heavy atom. The van der Waals surface area contributed by atoms with Crippen molar-refractivity contribution < 1.29 is 5.11 Å². The molecular formula is C22H26N6O. The number of nitrogens with one attached hydrogen (secondary N) is 1. The normalized spacial score (nSPS) is 14.9. The zero-order valence-corrected chi connectivity index (χ0v) is 16.6. The molecule has 0 atom stereocenters. The fourth-order valence-electron chi connectivity index (χ4n) is 3.57. The number of nitrogens with zero attached hydrogens (tertiary/aromatic N) is 5. The van der Waals surface area contributed by atoms with Crippen LogP contribution in [0.2, 0.25) is 0 Å². The molecule has 150 valence electrons. The Labute approximate surface area is 170 Å². The minimum Gasteiger partial charge on any atom is -0.506 e. The lowest BCUT2D eigenvalue weighted by atomic mass is 10.2. The second-order valence-electron chi connectivity index (χ2n) is 6.95. The Morgan fingerprint density at radius 2 is 1.72 bits per heavy atom. The molecule has 0 aliphatic carbocycles. The highest BCUT2D eigenvalue weighted by Crippen LogP contribution is 2.27. The molecule has 0 unspecified atom stereocenters. The lowest BCUT2D eigenvalue weighted by molar-refractivity contribution is 0.369. The van der Waals surface area contributed by atoms with Crippen molar-refractivity contribution in [3.05, 3.63) is 72.6 Å². The molecule has 1 saturated heterocycles. The number of phenolic OH excluding ortho intramolecular Hbond substituents is 1. The molecule has 0 bridgehead atoms. The molecule has 0 amide bonds. The summed E-state index contributed by atoms with van der Waals surface area (Å²) in [5, 5.41) is 18.1. The number of aromatic nitrogens is 2. The van der Waals surface area contributed by atoms with Crippen LogP contribution in [0.1, 0.15) is 5.69 Å². The van der Waals surface area contributed by atoms with Crippen molar-refractivity contribution in [2.24, 2.45) is 4.99 Å². The van der Waals surface area contributed by atoms with Crippen LogP contribution in [0.15, 0.2) is 71.9 Å². The molecule has 0 spiro atoms. The highest BCUT2D eigenvalue weighted by atomic mass is 16.3. The third-order valence-corrected chi connectivity index (χ3v) is 5.11. The molecule has 4 rings (SSSR count). The van der Waals surface area contributed by atoms with Crippen LogP contribution >= 0.6 is 0 Å². The quantitative estimate of drug-likeness (QED) is 0.529. The van der Waals surface area contributed by atoms with Crippen molar-refractivity contribution in [1.82, 2.24) is 20.0 Å². The van der Waals surface area contributed by atoms with E-state index in [4.69, 9.17) is 0 Å². The number of hydrogen-bond donors (Lipinski definition) is 2. The number of aliphatic imine (C=N–C) groups is 1. The van der Waals surface area contributed by atoms with Crippen molar-refractivity contribution in [3.8, 4) is 11.4 Å². The van der Waals surface area contributed by atoms with Crippen LogP contribution in [-0.4, -0.2) is 59.0 Å². The Hall–Kier alpha value is -3.48. The van der Waals surface area contributed by atoms with E-state index in [-0.39, 0.29) is 0 Å². The van der Waals surface area contributed by atoms with Gasteiger partial charge < -0.3 is 20.2 Å². The fourth-order valence-corrected chi connectivity index (χ4v) is 3.57. The average molecular weight is 390 g/mol. The Bertz CT molecular complexity index is 960. The summed E-state index contributed by atoms with van der Waals surface area (Å²) in [6.45, 7) is 3.97. The van der Waals surface area contributed by atoms with E-state index in [2.05, 4.69) is 25.2 Å². The number of phenols is 1. The van der Waals surface area contributed by atoms with Gasteiger partial charge in [-0.25, -0.2) is 4.68 Å². The molecule has 0 radical (unpaired) electrons. The van der Waals surface area contributed by atoms with Gasteiger partial charge in [0.05, 0.1) is 23.6 Å². The third-order valence-electron chi connectivity index (χ3n) is 5.11. The molecule has 2 heterocycles. The first kappa shape index (κ1) is 18.9. The molecule has 2 N–H and O–H groups in total. The second-order valence-corrected chi connectivity index (χ2v) is 6.95. The summed E-state index contributed by atoms with van der Waals surface area (Å²) < 4.78 is 1.88. The molecule has 2 aromatic carbocycles.